The molecule has 4 aromatic carbocycles. The highest BCUT2D eigenvalue weighted by atomic mass is 16.5. The van der Waals surface area contributed by atoms with Gasteiger partial charge in [-0.15, -0.1) is 0 Å². The summed E-state index contributed by atoms with van der Waals surface area (Å²) in [7, 11) is 2.17. The molecule has 0 spiro atoms. The predicted molar refractivity (Wildman–Crippen MR) is 147 cm³/mol. The average Bonchev–Trinajstić information content (AvgIpc) is 2.82. The lowest BCUT2D eigenvalue weighted by atomic mass is 9.85. The first kappa shape index (κ1) is 22.1. The predicted octanol–water partition coefficient (Wildman–Crippen LogP) is 8.45. The third-order valence-corrected chi connectivity index (χ3v) is 7.50. The largest absolute Gasteiger partial charge is 0.455 e. The van der Waals surface area contributed by atoms with Crippen molar-refractivity contribution in [1.82, 2.24) is 0 Å². The Balaban J connectivity index is 1.74. The average molecular weight is 461 g/mol. The summed E-state index contributed by atoms with van der Waals surface area (Å²) in [5.41, 5.74) is 6.54. The molecule has 6 rings (SSSR count). The van der Waals surface area contributed by atoms with E-state index in [0.29, 0.717) is 11.8 Å². The van der Waals surface area contributed by atoms with E-state index in [2.05, 4.69) is 107 Å². The Bertz CT molecular complexity index is 1640. The highest BCUT2D eigenvalue weighted by molar-refractivity contribution is 6.16. The molecule has 0 atom stereocenters. The van der Waals surface area contributed by atoms with Gasteiger partial charge in [0, 0.05) is 17.0 Å². The van der Waals surface area contributed by atoms with Crippen molar-refractivity contribution >= 4 is 32.3 Å². The second-order valence-corrected chi connectivity index (χ2v) is 11.1. The second kappa shape index (κ2) is 8.09. The van der Waals surface area contributed by atoms with Crippen LogP contribution in [-0.2, 0) is 19.9 Å². The van der Waals surface area contributed by atoms with Crippen molar-refractivity contribution in [1.29, 1.82) is 0 Å². The normalized spacial score (nSPS) is 12.7. The monoisotopic (exact) mass is 460 g/mol. The van der Waals surface area contributed by atoms with Crippen LogP contribution in [-0.4, -0.2) is 0 Å². The zero-order valence-electron chi connectivity index (χ0n) is 21.7. The quantitative estimate of drug-likeness (QED) is 0.190. The fraction of sp³-hybridized carbons (Fsp3) is 0.303. The van der Waals surface area contributed by atoms with Crippen molar-refractivity contribution in [2.24, 2.45) is 18.9 Å². The molecule has 2 nitrogen and oxygen atoms in total. The van der Waals surface area contributed by atoms with E-state index in [4.69, 9.17) is 4.74 Å². The summed E-state index contributed by atoms with van der Waals surface area (Å²) in [5.74, 6) is 3.19. The highest BCUT2D eigenvalue weighted by Crippen LogP contribution is 2.52. The molecular formula is C33H34NO+. The molecule has 0 radical (unpaired) electrons. The zero-order chi connectivity index (χ0) is 24.4. The Labute approximate surface area is 208 Å². The Hall–Kier alpha value is -3.39. The van der Waals surface area contributed by atoms with Gasteiger partial charge >= 0.3 is 0 Å². The number of aryl methyl sites for hydroxylation is 2. The second-order valence-electron chi connectivity index (χ2n) is 11.1. The molecule has 1 aliphatic heterocycles. The fourth-order valence-electron chi connectivity index (χ4n) is 6.05. The Morgan fingerprint density at radius 3 is 2.29 bits per heavy atom. The zero-order valence-corrected chi connectivity index (χ0v) is 21.7. The van der Waals surface area contributed by atoms with Gasteiger partial charge in [-0.2, -0.15) is 0 Å². The van der Waals surface area contributed by atoms with Crippen LogP contribution in [0.2, 0.25) is 0 Å². The van der Waals surface area contributed by atoms with E-state index in [1.54, 1.807) is 0 Å². The minimum Gasteiger partial charge on any atom is -0.455 e. The SMILES string of the molecule is Cc1c2c(c(CC(C)C)c3ccccc13)Oc1cc3ccc(CC(C)C)cc3c3cc[n+](C)c-2c13. The van der Waals surface area contributed by atoms with Crippen LogP contribution in [0.15, 0.2) is 60.8 Å². The summed E-state index contributed by atoms with van der Waals surface area (Å²) in [4.78, 5) is 0. The number of hydrogen-bond donors (Lipinski definition) is 0. The van der Waals surface area contributed by atoms with E-state index >= 15 is 0 Å². The Morgan fingerprint density at radius 2 is 1.54 bits per heavy atom. The minimum atomic E-state index is 0.538. The number of aromatic nitrogens is 1. The smallest absolute Gasteiger partial charge is 0.228 e. The van der Waals surface area contributed by atoms with Crippen molar-refractivity contribution in [2.75, 3.05) is 0 Å². The van der Waals surface area contributed by atoms with Crippen molar-refractivity contribution in [3.05, 3.63) is 77.5 Å². The van der Waals surface area contributed by atoms with Crippen LogP contribution in [0.4, 0.5) is 0 Å². The van der Waals surface area contributed by atoms with Crippen molar-refractivity contribution in [2.45, 2.75) is 47.5 Å². The maximum atomic E-state index is 6.92. The van der Waals surface area contributed by atoms with E-state index in [0.717, 1.165) is 24.3 Å². The molecule has 0 bridgehead atoms. The minimum absolute atomic E-state index is 0.538. The van der Waals surface area contributed by atoms with Crippen molar-refractivity contribution in [3.8, 4) is 22.8 Å². The molecule has 35 heavy (non-hydrogen) atoms. The first-order valence-electron chi connectivity index (χ1n) is 12.9. The molecule has 1 aliphatic rings. The lowest BCUT2D eigenvalue weighted by molar-refractivity contribution is -0.659. The Kier molecular flexibility index (Phi) is 5.11. The van der Waals surface area contributed by atoms with Gasteiger partial charge in [-0.3, -0.25) is 0 Å². The van der Waals surface area contributed by atoms with Crippen LogP contribution < -0.4 is 9.30 Å². The lowest BCUT2D eigenvalue weighted by Gasteiger charge is -2.26. The van der Waals surface area contributed by atoms with Gasteiger partial charge in [0.2, 0.25) is 5.69 Å². The molecule has 0 unspecified atom stereocenters. The maximum absolute atomic E-state index is 6.92. The van der Waals surface area contributed by atoms with Crippen LogP contribution in [0.1, 0.15) is 44.4 Å². The van der Waals surface area contributed by atoms with Crippen molar-refractivity contribution in [3.63, 3.8) is 0 Å². The molecule has 0 amide bonds. The number of fused-ring (bicyclic) bond motifs is 5. The van der Waals surface area contributed by atoms with Gasteiger partial charge in [-0.25, -0.2) is 4.57 Å². The van der Waals surface area contributed by atoms with Gasteiger partial charge in [-0.05, 0) is 70.3 Å². The summed E-state index contributed by atoms with van der Waals surface area (Å²) in [6.45, 7) is 11.4. The summed E-state index contributed by atoms with van der Waals surface area (Å²) >= 11 is 0. The first-order valence-corrected chi connectivity index (χ1v) is 12.9. The van der Waals surface area contributed by atoms with Crippen LogP contribution in [0, 0.1) is 18.8 Å². The van der Waals surface area contributed by atoms with Gasteiger partial charge in [0.1, 0.15) is 18.5 Å². The van der Waals surface area contributed by atoms with Gasteiger partial charge in [0.25, 0.3) is 0 Å². The molecule has 0 saturated carbocycles. The van der Waals surface area contributed by atoms with Gasteiger partial charge in [0.15, 0.2) is 6.20 Å². The van der Waals surface area contributed by atoms with E-state index in [9.17, 15) is 0 Å². The molecule has 0 saturated heterocycles. The number of hydrogen-bond acceptors (Lipinski definition) is 1. The standard InChI is InChI=1S/C33H34NO/c1-19(2)15-22-11-12-23-18-29-31-26(27(23)17-22)13-14-34(6)32(31)30-21(5)24-9-7-8-10-25(24)28(16-20(3)4)33(30)35-29/h7-14,17-20H,15-16H2,1-6H3/q+1. The third-order valence-electron chi connectivity index (χ3n) is 7.50. The molecule has 176 valence electrons. The lowest BCUT2D eigenvalue weighted by Crippen LogP contribution is -2.32. The van der Waals surface area contributed by atoms with E-state index < -0.39 is 0 Å². The fourth-order valence-corrected chi connectivity index (χ4v) is 6.05. The Morgan fingerprint density at radius 1 is 0.800 bits per heavy atom. The number of pyridine rings is 1. The molecule has 0 fully saturated rings. The topological polar surface area (TPSA) is 13.1 Å². The van der Waals surface area contributed by atoms with Gasteiger partial charge in [-0.1, -0.05) is 70.2 Å². The molecule has 0 aliphatic carbocycles. The number of benzene rings is 4. The molecular weight excluding hydrogens is 426 g/mol. The molecule has 0 N–H and O–H groups in total. The molecule has 5 aromatic rings. The van der Waals surface area contributed by atoms with E-state index in [1.165, 1.54) is 60.3 Å². The summed E-state index contributed by atoms with van der Waals surface area (Å²) in [6.07, 6.45) is 4.31. The van der Waals surface area contributed by atoms with Crippen LogP contribution in [0.25, 0.3) is 43.6 Å². The van der Waals surface area contributed by atoms with Crippen LogP contribution in [0.5, 0.6) is 11.5 Å². The number of rotatable bonds is 4. The van der Waals surface area contributed by atoms with Crippen LogP contribution in [0.3, 0.4) is 0 Å². The first-order chi connectivity index (χ1) is 16.8. The molecule has 1 aromatic heterocycles. The number of ether oxygens (including phenoxy) is 1. The maximum Gasteiger partial charge on any atom is 0.228 e. The summed E-state index contributed by atoms with van der Waals surface area (Å²) < 4.78 is 9.20. The summed E-state index contributed by atoms with van der Waals surface area (Å²) in [5, 5.41) is 7.70. The summed E-state index contributed by atoms with van der Waals surface area (Å²) in [6, 6.07) is 20.3. The van der Waals surface area contributed by atoms with E-state index in [-0.39, 0.29) is 0 Å². The van der Waals surface area contributed by atoms with Crippen LogP contribution >= 0.6 is 0 Å². The van der Waals surface area contributed by atoms with Crippen molar-refractivity contribution < 1.29 is 9.30 Å². The molecule has 2 heteroatoms. The highest BCUT2D eigenvalue weighted by Gasteiger charge is 2.33. The van der Waals surface area contributed by atoms with Gasteiger partial charge < -0.3 is 4.74 Å². The van der Waals surface area contributed by atoms with E-state index in [1.807, 2.05) is 0 Å². The third kappa shape index (κ3) is 3.42. The molecule has 2 heterocycles. The number of nitrogens with zero attached hydrogens (tertiary/aromatic N) is 1. The van der Waals surface area contributed by atoms with Gasteiger partial charge in [0.05, 0.1) is 10.9 Å².